The van der Waals surface area contributed by atoms with Gasteiger partial charge in [-0.1, -0.05) is 72.8 Å². The van der Waals surface area contributed by atoms with Crippen LogP contribution in [0.4, 0.5) is 0 Å². The van der Waals surface area contributed by atoms with E-state index in [1.165, 1.54) is 5.01 Å². The van der Waals surface area contributed by atoms with Crippen molar-refractivity contribution in [3.05, 3.63) is 83.9 Å². The maximum Gasteiger partial charge on any atom is 0.252 e. The number of nitrogens with zero attached hydrogens (tertiary/aromatic N) is 2. The second kappa shape index (κ2) is 11.4. The Kier molecular flexibility index (Phi) is 8.33. The van der Waals surface area contributed by atoms with E-state index in [9.17, 15) is 14.4 Å². The molecule has 3 amide bonds. The zero-order valence-electron chi connectivity index (χ0n) is 24.2. The van der Waals surface area contributed by atoms with Crippen molar-refractivity contribution in [3.8, 4) is 0 Å². The molecule has 2 atom stereocenters. The molecule has 3 aromatic carbocycles. The molecule has 8 nitrogen and oxygen atoms in total. The van der Waals surface area contributed by atoms with Gasteiger partial charge in [0.25, 0.3) is 5.91 Å². The molecule has 0 aliphatic carbocycles. The number of nitrogens with two attached hydrogens (primary N) is 1. The SMILES string of the molecule is CNN(C)C(=O)C1(Cc2ccccc2)CCCN(C(=O)C(C)(NC(=O)C(C)(C)N)c2cccc3ccccc23)C1. The lowest BCUT2D eigenvalue weighted by Gasteiger charge is -2.46. The van der Waals surface area contributed by atoms with Crippen LogP contribution in [-0.4, -0.2) is 60.4 Å². The van der Waals surface area contributed by atoms with Crippen LogP contribution in [0.3, 0.4) is 0 Å². The maximum absolute atomic E-state index is 14.7. The van der Waals surface area contributed by atoms with E-state index in [-0.39, 0.29) is 18.4 Å². The molecule has 1 aliphatic heterocycles. The Morgan fingerprint density at radius 1 is 0.975 bits per heavy atom. The Morgan fingerprint density at radius 2 is 1.62 bits per heavy atom. The third-order valence-electron chi connectivity index (χ3n) is 8.05. The number of carbonyl (C=O) groups is 3. The number of rotatable bonds is 8. The molecule has 1 heterocycles. The van der Waals surface area contributed by atoms with Crippen LogP contribution in [0, 0.1) is 5.41 Å². The lowest BCUT2D eigenvalue weighted by Crippen LogP contribution is -2.64. The number of benzene rings is 3. The van der Waals surface area contributed by atoms with Crippen molar-refractivity contribution in [3.63, 3.8) is 0 Å². The van der Waals surface area contributed by atoms with Crippen molar-refractivity contribution in [2.45, 2.75) is 51.1 Å². The summed E-state index contributed by atoms with van der Waals surface area (Å²) < 4.78 is 0. The molecule has 1 saturated heterocycles. The van der Waals surface area contributed by atoms with E-state index in [0.29, 0.717) is 31.4 Å². The summed E-state index contributed by atoms with van der Waals surface area (Å²) in [5.74, 6) is -0.774. The Hall–Kier alpha value is -3.75. The van der Waals surface area contributed by atoms with Gasteiger partial charge in [0, 0.05) is 27.2 Å². The first-order valence-electron chi connectivity index (χ1n) is 13.8. The van der Waals surface area contributed by atoms with E-state index >= 15 is 0 Å². The Labute approximate surface area is 236 Å². The van der Waals surface area contributed by atoms with E-state index < -0.39 is 22.4 Å². The molecule has 2 unspecified atom stereocenters. The molecule has 0 saturated carbocycles. The highest BCUT2D eigenvalue weighted by Crippen LogP contribution is 2.38. The second-order valence-electron chi connectivity index (χ2n) is 11.7. The van der Waals surface area contributed by atoms with Gasteiger partial charge in [-0.05, 0) is 61.9 Å². The van der Waals surface area contributed by atoms with Crippen molar-refractivity contribution in [2.75, 3.05) is 27.2 Å². The molecule has 8 heteroatoms. The minimum absolute atomic E-state index is 0.0738. The van der Waals surface area contributed by atoms with Crippen LogP contribution in [0.2, 0.25) is 0 Å². The van der Waals surface area contributed by atoms with Gasteiger partial charge < -0.3 is 16.0 Å². The highest BCUT2D eigenvalue weighted by Gasteiger charge is 2.49. The van der Waals surface area contributed by atoms with Crippen LogP contribution in [0.25, 0.3) is 10.8 Å². The zero-order valence-corrected chi connectivity index (χ0v) is 24.2. The van der Waals surface area contributed by atoms with Crippen molar-refractivity contribution in [2.24, 2.45) is 11.1 Å². The lowest BCUT2D eigenvalue weighted by atomic mass is 9.73. The number of carbonyl (C=O) groups excluding carboxylic acids is 3. The van der Waals surface area contributed by atoms with Crippen molar-refractivity contribution in [1.29, 1.82) is 0 Å². The largest absolute Gasteiger partial charge is 0.339 e. The van der Waals surface area contributed by atoms with Crippen molar-refractivity contribution >= 4 is 28.5 Å². The summed E-state index contributed by atoms with van der Waals surface area (Å²) >= 11 is 0. The monoisotopic (exact) mass is 543 g/mol. The minimum atomic E-state index is -1.41. The van der Waals surface area contributed by atoms with Gasteiger partial charge in [0.1, 0.15) is 5.54 Å². The molecule has 212 valence electrons. The highest BCUT2D eigenvalue weighted by atomic mass is 16.2. The summed E-state index contributed by atoms with van der Waals surface area (Å²) in [5, 5.41) is 6.35. The fraction of sp³-hybridized carbons (Fsp3) is 0.406. The Balaban J connectivity index is 1.79. The maximum atomic E-state index is 14.7. The summed E-state index contributed by atoms with van der Waals surface area (Å²) in [6, 6.07) is 23.5. The van der Waals surface area contributed by atoms with E-state index in [0.717, 1.165) is 16.3 Å². The molecule has 0 aromatic heterocycles. The molecule has 1 aliphatic rings. The number of nitrogens with one attached hydrogen (secondary N) is 2. The number of amides is 3. The molecule has 4 rings (SSSR count). The third-order valence-corrected chi connectivity index (χ3v) is 8.05. The quantitative estimate of drug-likeness (QED) is 0.378. The number of likely N-dealkylation sites (tertiary alicyclic amines) is 1. The van der Waals surface area contributed by atoms with Crippen LogP contribution in [0.15, 0.2) is 72.8 Å². The van der Waals surface area contributed by atoms with Gasteiger partial charge >= 0.3 is 0 Å². The number of hydrazine groups is 1. The summed E-state index contributed by atoms with van der Waals surface area (Å²) in [4.78, 5) is 43.6. The van der Waals surface area contributed by atoms with Gasteiger partial charge in [-0.15, -0.1) is 0 Å². The van der Waals surface area contributed by atoms with Gasteiger partial charge in [-0.25, -0.2) is 5.43 Å². The lowest BCUT2D eigenvalue weighted by molar-refractivity contribution is -0.154. The minimum Gasteiger partial charge on any atom is -0.339 e. The van der Waals surface area contributed by atoms with E-state index in [2.05, 4.69) is 10.7 Å². The standard InChI is InChI=1S/C32H41N5O3/c1-30(2,33)27(38)35-31(3,26-18-11-16-24-15-9-10-17-25(24)26)28(39)37-20-12-19-32(22-37,29(40)36(5)34-4)21-23-13-7-6-8-14-23/h6-11,13-18,34H,12,19-22,33H2,1-5H3,(H,35,38). The topological polar surface area (TPSA) is 108 Å². The van der Waals surface area contributed by atoms with Crippen LogP contribution >= 0.6 is 0 Å². The first-order valence-corrected chi connectivity index (χ1v) is 13.8. The fourth-order valence-corrected chi connectivity index (χ4v) is 5.75. The Morgan fingerprint density at radius 3 is 2.30 bits per heavy atom. The molecule has 40 heavy (non-hydrogen) atoms. The third kappa shape index (κ3) is 5.74. The van der Waals surface area contributed by atoms with Crippen LogP contribution < -0.4 is 16.5 Å². The molecule has 4 N–H and O–H groups in total. The smallest absolute Gasteiger partial charge is 0.252 e. The molecule has 1 fully saturated rings. The van der Waals surface area contributed by atoms with E-state index in [1.54, 1.807) is 39.8 Å². The number of hydrogen-bond acceptors (Lipinski definition) is 5. The number of fused-ring (bicyclic) bond motifs is 1. The predicted octanol–water partition coefficient (Wildman–Crippen LogP) is 3.35. The van der Waals surface area contributed by atoms with Crippen LogP contribution in [0.1, 0.15) is 44.7 Å². The number of hydrogen-bond donors (Lipinski definition) is 3. The van der Waals surface area contributed by atoms with Gasteiger partial charge in [0.05, 0.1) is 11.0 Å². The summed E-state index contributed by atoms with van der Waals surface area (Å²) in [6.45, 7) is 5.69. The molecule has 0 spiro atoms. The van der Waals surface area contributed by atoms with Crippen LogP contribution in [-0.2, 0) is 26.3 Å². The highest BCUT2D eigenvalue weighted by molar-refractivity contribution is 5.99. The van der Waals surface area contributed by atoms with Gasteiger partial charge in [0.15, 0.2) is 0 Å². The van der Waals surface area contributed by atoms with E-state index in [1.807, 2.05) is 72.8 Å². The zero-order chi connectivity index (χ0) is 29.1. The summed E-state index contributed by atoms with van der Waals surface area (Å²) in [7, 11) is 3.42. The second-order valence-corrected chi connectivity index (χ2v) is 11.7. The summed E-state index contributed by atoms with van der Waals surface area (Å²) in [6.07, 6.45) is 1.79. The molecule has 0 bridgehead atoms. The average molecular weight is 544 g/mol. The van der Waals surface area contributed by atoms with Gasteiger partial charge in [0.2, 0.25) is 11.8 Å². The molecular formula is C32H41N5O3. The molecular weight excluding hydrogens is 502 g/mol. The number of piperidine rings is 1. The van der Waals surface area contributed by atoms with Crippen molar-refractivity contribution < 1.29 is 14.4 Å². The fourth-order valence-electron chi connectivity index (χ4n) is 5.75. The average Bonchev–Trinajstić information content (AvgIpc) is 2.95. The van der Waals surface area contributed by atoms with Crippen LogP contribution in [0.5, 0.6) is 0 Å². The molecule has 0 radical (unpaired) electrons. The van der Waals surface area contributed by atoms with E-state index in [4.69, 9.17) is 5.73 Å². The van der Waals surface area contributed by atoms with Gasteiger partial charge in [-0.2, -0.15) is 0 Å². The first kappa shape index (κ1) is 29.2. The van der Waals surface area contributed by atoms with Crippen molar-refractivity contribution in [1.82, 2.24) is 20.7 Å². The van der Waals surface area contributed by atoms with Gasteiger partial charge in [-0.3, -0.25) is 19.4 Å². The molecule has 3 aromatic rings. The first-order chi connectivity index (χ1) is 18.9. The summed E-state index contributed by atoms with van der Waals surface area (Å²) in [5.41, 5.74) is 7.40. The predicted molar refractivity (Wildman–Crippen MR) is 158 cm³/mol. The normalized spacial score (nSPS) is 19.1. The Bertz CT molecular complexity index is 1380.